The molecule has 2 rings (SSSR count). The maximum Gasteiger partial charge on any atom is 0.124 e. The molecule has 0 atom stereocenters. The van der Waals surface area contributed by atoms with Crippen LogP contribution in [0.15, 0.2) is 18.3 Å². The van der Waals surface area contributed by atoms with E-state index >= 15 is 0 Å². The lowest BCUT2D eigenvalue weighted by molar-refractivity contribution is -0.107. The van der Waals surface area contributed by atoms with Gasteiger partial charge in [-0.3, -0.25) is 0 Å². The lowest BCUT2D eigenvalue weighted by Gasteiger charge is -2.04. The van der Waals surface area contributed by atoms with E-state index in [1.807, 2.05) is 25.3 Å². The molecule has 0 spiro atoms. The minimum Gasteiger partial charge on any atom is -0.303 e. The van der Waals surface area contributed by atoms with Gasteiger partial charge in [0.15, 0.2) is 0 Å². The molecular formula is C13H16N2O. The van der Waals surface area contributed by atoms with Crippen LogP contribution in [0.1, 0.15) is 36.8 Å². The van der Waals surface area contributed by atoms with E-state index < -0.39 is 0 Å². The number of aldehydes is 1. The molecule has 0 amide bonds. The maximum atomic E-state index is 10.5. The summed E-state index contributed by atoms with van der Waals surface area (Å²) in [4.78, 5) is 15.1. The first-order valence-corrected chi connectivity index (χ1v) is 5.54. The minimum atomic E-state index is 0.401. The zero-order valence-electron chi connectivity index (χ0n) is 9.90. The summed E-state index contributed by atoms with van der Waals surface area (Å²) in [7, 11) is 0. The topological polar surface area (TPSA) is 34.4 Å². The molecule has 2 aromatic rings. The number of nitrogens with zero attached hydrogens (tertiary/aromatic N) is 2. The van der Waals surface area contributed by atoms with Crippen molar-refractivity contribution in [3.8, 4) is 0 Å². The lowest BCUT2D eigenvalue weighted by Crippen LogP contribution is -1.97. The molecule has 0 aliphatic rings. The van der Waals surface area contributed by atoms with Crippen molar-refractivity contribution in [2.45, 2.75) is 33.1 Å². The summed E-state index contributed by atoms with van der Waals surface area (Å²) in [5, 5.41) is 0. The fourth-order valence-electron chi connectivity index (χ4n) is 1.94. The van der Waals surface area contributed by atoms with E-state index in [2.05, 4.69) is 23.2 Å². The average Bonchev–Trinajstić information content (AvgIpc) is 2.57. The molecule has 0 aliphatic carbocycles. The molecule has 0 saturated carbocycles. The van der Waals surface area contributed by atoms with Crippen molar-refractivity contribution in [2.75, 3.05) is 0 Å². The molecule has 84 valence electrons. The SMILES string of the molecule is Cc1nc(C(C)C)n2ccc(CC=O)cc12. The Hall–Kier alpha value is -1.64. The van der Waals surface area contributed by atoms with Crippen LogP contribution >= 0.6 is 0 Å². The summed E-state index contributed by atoms with van der Waals surface area (Å²) in [6, 6.07) is 4.02. The van der Waals surface area contributed by atoms with E-state index in [9.17, 15) is 4.79 Å². The minimum absolute atomic E-state index is 0.401. The molecule has 16 heavy (non-hydrogen) atoms. The number of pyridine rings is 1. The number of rotatable bonds is 3. The molecule has 2 heterocycles. The van der Waals surface area contributed by atoms with Crippen LogP contribution in [0.2, 0.25) is 0 Å². The van der Waals surface area contributed by atoms with Crippen molar-refractivity contribution in [2.24, 2.45) is 0 Å². The number of aryl methyl sites for hydroxylation is 1. The lowest BCUT2D eigenvalue weighted by atomic mass is 10.2. The maximum absolute atomic E-state index is 10.5. The number of hydrogen-bond acceptors (Lipinski definition) is 2. The predicted octanol–water partition coefficient (Wildman–Crippen LogP) is 2.51. The highest BCUT2D eigenvalue weighted by atomic mass is 16.1. The Labute approximate surface area is 95.1 Å². The van der Waals surface area contributed by atoms with Crippen LogP contribution in [0.3, 0.4) is 0 Å². The molecule has 3 heteroatoms. The van der Waals surface area contributed by atoms with Gasteiger partial charge in [0, 0.05) is 18.5 Å². The van der Waals surface area contributed by atoms with Crippen molar-refractivity contribution >= 4 is 11.8 Å². The average molecular weight is 216 g/mol. The molecule has 0 N–H and O–H groups in total. The van der Waals surface area contributed by atoms with Crippen LogP contribution in [0, 0.1) is 6.92 Å². The summed E-state index contributed by atoms with van der Waals surface area (Å²) in [6.07, 6.45) is 3.41. The van der Waals surface area contributed by atoms with E-state index in [1.165, 1.54) is 0 Å². The van der Waals surface area contributed by atoms with Gasteiger partial charge in [-0.05, 0) is 24.6 Å². The van der Waals surface area contributed by atoms with Gasteiger partial charge in [0.25, 0.3) is 0 Å². The van der Waals surface area contributed by atoms with Gasteiger partial charge in [0.2, 0.25) is 0 Å². The molecule has 0 aliphatic heterocycles. The van der Waals surface area contributed by atoms with Crippen molar-refractivity contribution in [1.29, 1.82) is 0 Å². The van der Waals surface area contributed by atoms with Crippen molar-refractivity contribution in [3.63, 3.8) is 0 Å². The number of aromatic nitrogens is 2. The Balaban J connectivity index is 2.61. The number of hydrogen-bond donors (Lipinski definition) is 0. The van der Waals surface area contributed by atoms with Crippen molar-refractivity contribution in [1.82, 2.24) is 9.38 Å². The van der Waals surface area contributed by atoms with Gasteiger partial charge in [-0.2, -0.15) is 0 Å². The van der Waals surface area contributed by atoms with E-state index in [0.717, 1.165) is 28.9 Å². The second kappa shape index (κ2) is 4.08. The molecule has 0 saturated heterocycles. The monoisotopic (exact) mass is 216 g/mol. The van der Waals surface area contributed by atoms with Crippen LogP contribution in [0.5, 0.6) is 0 Å². The number of carbonyl (C=O) groups excluding carboxylic acids is 1. The van der Waals surface area contributed by atoms with Crippen molar-refractivity contribution < 1.29 is 4.79 Å². The fourth-order valence-corrected chi connectivity index (χ4v) is 1.94. The van der Waals surface area contributed by atoms with Gasteiger partial charge in [0.05, 0.1) is 11.2 Å². The first-order valence-electron chi connectivity index (χ1n) is 5.54. The van der Waals surface area contributed by atoms with Crippen LogP contribution in [0.4, 0.5) is 0 Å². The molecule has 0 bridgehead atoms. The molecule has 2 aromatic heterocycles. The Morgan fingerprint density at radius 3 is 2.88 bits per heavy atom. The Bertz CT molecular complexity index is 526. The molecule has 0 fully saturated rings. The summed E-state index contributed by atoms with van der Waals surface area (Å²) < 4.78 is 2.11. The Morgan fingerprint density at radius 2 is 2.25 bits per heavy atom. The largest absolute Gasteiger partial charge is 0.303 e. The highest BCUT2D eigenvalue weighted by Crippen LogP contribution is 2.20. The van der Waals surface area contributed by atoms with Crippen molar-refractivity contribution in [3.05, 3.63) is 35.4 Å². The fraction of sp³-hybridized carbons (Fsp3) is 0.385. The second-order valence-corrected chi connectivity index (χ2v) is 4.37. The van der Waals surface area contributed by atoms with Gasteiger partial charge < -0.3 is 9.20 Å². The van der Waals surface area contributed by atoms with E-state index in [1.54, 1.807) is 0 Å². The number of carbonyl (C=O) groups is 1. The van der Waals surface area contributed by atoms with E-state index in [4.69, 9.17) is 0 Å². The third-order valence-electron chi connectivity index (χ3n) is 2.75. The van der Waals surface area contributed by atoms with Crippen LogP contribution in [-0.2, 0) is 11.2 Å². The number of imidazole rings is 1. The van der Waals surface area contributed by atoms with E-state index in [-0.39, 0.29) is 0 Å². The summed E-state index contributed by atoms with van der Waals surface area (Å²) in [6.45, 7) is 6.27. The third kappa shape index (κ3) is 1.73. The molecular weight excluding hydrogens is 200 g/mol. The van der Waals surface area contributed by atoms with Crippen LogP contribution in [0.25, 0.3) is 5.52 Å². The molecule has 3 nitrogen and oxygen atoms in total. The second-order valence-electron chi connectivity index (χ2n) is 4.37. The van der Waals surface area contributed by atoms with Gasteiger partial charge in [-0.15, -0.1) is 0 Å². The Morgan fingerprint density at radius 1 is 1.50 bits per heavy atom. The van der Waals surface area contributed by atoms with Gasteiger partial charge in [0.1, 0.15) is 12.1 Å². The first-order chi connectivity index (χ1) is 7.63. The summed E-state index contributed by atoms with van der Waals surface area (Å²) >= 11 is 0. The predicted molar refractivity (Wildman–Crippen MR) is 63.8 cm³/mol. The van der Waals surface area contributed by atoms with Gasteiger partial charge in [-0.1, -0.05) is 13.8 Å². The van der Waals surface area contributed by atoms with Gasteiger partial charge in [-0.25, -0.2) is 4.98 Å². The summed E-state index contributed by atoms with van der Waals surface area (Å²) in [5.74, 6) is 1.48. The van der Waals surface area contributed by atoms with Crippen LogP contribution in [-0.4, -0.2) is 15.7 Å². The zero-order valence-corrected chi connectivity index (χ0v) is 9.90. The van der Waals surface area contributed by atoms with E-state index in [0.29, 0.717) is 12.3 Å². The Kier molecular flexibility index (Phi) is 2.77. The van der Waals surface area contributed by atoms with Crippen LogP contribution < -0.4 is 0 Å². The molecule has 0 radical (unpaired) electrons. The van der Waals surface area contributed by atoms with Gasteiger partial charge >= 0.3 is 0 Å². The summed E-state index contributed by atoms with van der Waals surface area (Å²) in [5.41, 5.74) is 3.17. The number of fused-ring (bicyclic) bond motifs is 1. The molecule has 0 unspecified atom stereocenters. The standard InChI is InChI=1S/C13H16N2O/c1-9(2)13-14-10(3)12-8-11(5-7-16)4-6-15(12)13/h4,6-9H,5H2,1-3H3. The highest BCUT2D eigenvalue weighted by Gasteiger charge is 2.10. The normalized spacial score (nSPS) is 11.2. The zero-order chi connectivity index (χ0) is 11.7. The first kappa shape index (κ1) is 10.9. The smallest absolute Gasteiger partial charge is 0.124 e. The quantitative estimate of drug-likeness (QED) is 0.739. The third-order valence-corrected chi connectivity index (χ3v) is 2.75. The highest BCUT2D eigenvalue weighted by molar-refractivity contribution is 5.60. The molecule has 0 aromatic carbocycles.